The Morgan fingerprint density at radius 1 is 0.909 bits per heavy atom. The molecule has 0 aliphatic rings. The van der Waals surface area contributed by atoms with Crippen LogP contribution >= 0.6 is 11.3 Å². The SMILES string of the molecule is O=C(CCCNC(=O)c1ccsc1)Nc1ccccc1C(=O)Nc1cccc(C(F)(F)F)c1. The molecule has 6 nitrogen and oxygen atoms in total. The molecule has 10 heteroatoms. The molecule has 2 aromatic carbocycles. The Hall–Kier alpha value is -3.66. The smallest absolute Gasteiger partial charge is 0.352 e. The third kappa shape index (κ3) is 6.91. The first-order chi connectivity index (χ1) is 15.7. The van der Waals surface area contributed by atoms with Crippen molar-refractivity contribution in [3.63, 3.8) is 0 Å². The van der Waals surface area contributed by atoms with E-state index in [2.05, 4.69) is 16.0 Å². The molecule has 1 aromatic heterocycles. The molecule has 3 N–H and O–H groups in total. The molecule has 0 aliphatic carbocycles. The molecule has 3 rings (SSSR count). The van der Waals surface area contributed by atoms with Crippen LogP contribution < -0.4 is 16.0 Å². The summed E-state index contributed by atoms with van der Waals surface area (Å²) in [4.78, 5) is 36.8. The number of nitrogens with one attached hydrogen (secondary N) is 3. The standard InChI is InChI=1S/C23H20F3N3O3S/c24-23(25,26)16-5-3-6-17(13-16)28-22(32)18-7-1-2-8-19(18)29-20(30)9-4-11-27-21(31)15-10-12-33-14-15/h1-3,5-8,10,12-14H,4,9,11H2,(H,27,31)(H,28,32)(H,29,30). The van der Waals surface area contributed by atoms with Gasteiger partial charge in [0.2, 0.25) is 5.91 Å². The molecule has 172 valence electrons. The lowest BCUT2D eigenvalue weighted by Gasteiger charge is -2.13. The lowest BCUT2D eigenvalue weighted by Crippen LogP contribution is -2.25. The van der Waals surface area contributed by atoms with Crippen LogP contribution in [0.4, 0.5) is 24.5 Å². The Morgan fingerprint density at radius 3 is 2.42 bits per heavy atom. The minimum Gasteiger partial charge on any atom is -0.352 e. The molecule has 0 spiro atoms. The summed E-state index contributed by atoms with van der Waals surface area (Å²) in [6.45, 7) is 0.305. The van der Waals surface area contributed by atoms with Gasteiger partial charge in [-0.1, -0.05) is 18.2 Å². The molecule has 3 aromatic rings. The number of rotatable bonds is 8. The zero-order chi connectivity index (χ0) is 23.8. The Bertz CT molecular complexity index is 1130. The number of halogens is 3. The summed E-state index contributed by atoms with van der Waals surface area (Å²) in [5.41, 5.74) is -0.00114. The van der Waals surface area contributed by atoms with Crippen LogP contribution in [-0.2, 0) is 11.0 Å². The van der Waals surface area contributed by atoms with Crippen LogP contribution in [0, 0.1) is 0 Å². The highest BCUT2D eigenvalue weighted by atomic mass is 32.1. The van der Waals surface area contributed by atoms with Gasteiger partial charge in [0.15, 0.2) is 0 Å². The quantitative estimate of drug-likeness (QED) is 0.393. The van der Waals surface area contributed by atoms with Gasteiger partial charge in [-0.25, -0.2) is 0 Å². The van der Waals surface area contributed by atoms with Crippen LogP contribution in [-0.4, -0.2) is 24.3 Å². The molecule has 33 heavy (non-hydrogen) atoms. The Morgan fingerprint density at radius 2 is 1.70 bits per heavy atom. The first kappa shape index (κ1) is 24.0. The fourth-order valence-electron chi connectivity index (χ4n) is 2.92. The monoisotopic (exact) mass is 475 g/mol. The van der Waals surface area contributed by atoms with E-state index in [0.717, 1.165) is 12.1 Å². The maximum atomic E-state index is 12.9. The van der Waals surface area contributed by atoms with Crippen molar-refractivity contribution in [2.45, 2.75) is 19.0 Å². The number of alkyl halides is 3. The normalized spacial score (nSPS) is 11.0. The number of carbonyl (C=O) groups is 3. The molecule has 0 atom stereocenters. The number of anilines is 2. The highest BCUT2D eigenvalue weighted by molar-refractivity contribution is 7.08. The number of hydrogen-bond acceptors (Lipinski definition) is 4. The summed E-state index contributed by atoms with van der Waals surface area (Å²) < 4.78 is 38.7. The van der Waals surface area contributed by atoms with Gasteiger partial charge >= 0.3 is 6.18 Å². The molecule has 0 radical (unpaired) electrons. The summed E-state index contributed by atoms with van der Waals surface area (Å²) in [7, 11) is 0. The largest absolute Gasteiger partial charge is 0.416 e. The molecule has 0 fully saturated rings. The van der Waals surface area contributed by atoms with Crippen LogP contribution in [0.3, 0.4) is 0 Å². The third-order valence-corrected chi connectivity index (χ3v) is 5.23. The van der Waals surface area contributed by atoms with Gasteiger partial charge in [-0.2, -0.15) is 24.5 Å². The Kier molecular flexibility index (Phi) is 7.83. The molecule has 0 saturated carbocycles. The zero-order valence-corrected chi connectivity index (χ0v) is 18.1. The summed E-state index contributed by atoms with van der Waals surface area (Å²) in [6, 6.07) is 12.2. The van der Waals surface area contributed by atoms with E-state index in [1.165, 1.54) is 35.6 Å². The number of benzene rings is 2. The fraction of sp³-hybridized carbons (Fsp3) is 0.174. The van der Waals surface area contributed by atoms with Gasteiger partial charge in [-0.15, -0.1) is 0 Å². The minimum atomic E-state index is -4.53. The highest BCUT2D eigenvalue weighted by Crippen LogP contribution is 2.31. The maximum Gasteiger partial charge on any atom is 0.416 e. The molecular formula is C23H20F3N3O3S. The molecule has 0 bridgehead atoms. The number of para-hydroxylation sites is 1. The van der Waals surface area contributed by atoms with Gasteiger partial charge in [0, 0.05) is 29.6 Å². The van der Waals surface area contributed by atoms with Crippen LogP contribution in [0.5, 0.6) is 0 Å². The third-order valence-electron chi connectivity index (χ3n) is 4.54. The van der Waals surface area contributed by atoms with Crippen LogP contribution in [0.1, 0.15) is 39.1 Å². The Balaban J connectivity index is 1.55. The predicted octanol–water partition coefficient (Wildman–Crippen LogP) is 5.17. The average molecular weight is 475 g/mol. The average Bonchev–Trinajstić information content (AvgIpc) is 3.32. The number of amides is 3. The summed E-state index contributed by atoms with van der Waals surface area (Å²) in [6.07, 6.45) is -4.04. The maximum absolute atomic E-state index is 12.9. The lowest BCUT2D eigenvalue weighted by molar-refractivity contribution is -0.137. The molecule has 0 unspecified atom stereocenters. The van der Waals surface area contributed by atoms with Gasteiger partial charge in [0.05, 0.1) is 16.8 Å². The van der Waals surface area contributed by atoms with Crippen molar-refractivity contribution in [1.29, 1.82) is 0 Å². The van der Waals surface area contributed by atoms with Crippen molar-refractivity contribution >= 4 is 40.4 Å². The van der Waals surface area contributed by atoms with E-state index < -0.39 is 17.6 Å². The second kappa shape index (κ2) is 10.8. The summed E-state index contributed by atoms with van der Waals surface area (Å²) in [5.74, 6) is -1.24. The van der Waals surface area contributed by atoms with Crippen molar-refractivity contribution in [3.05, 3.63) is 82.0 Å². The van der Waals surface area contributed by atoms with Crippen LogP contribution in [0.25, 0.3) is 0 Å². The molecule has 0 aliphatic heterocycles. The van der Waals surface area contributed by atoms with Crippen molar-refractivity contribution in [2.24, 2.45) is 0 Å². The van der Waals surface area contributed by atoms with Crippen LogP contribution in [0.15, 0.2) is 65.4 Å². The Labute approximate surface area is 191 Å². The topological polar surface area (TPSA) is 87.3 Å². The van der Waals surface area contributed by atoms with Crippen molar-refractivity contribution < 1.29 is 27.6 Å². The predicted molar refractivity (Wildman–Crippen MR) is 120 cm³/mol. The van der Waals surface area contributed by atoms with E-state index >= 15 is 0 Å². The van der Waals surface area contributed by atoms with Gasteiger partial charge in [-0.05, 0) is 48.2 Å². The summed E-state index contributed by atoms with van der Waals surface area (Å²) in [5, 5.41) is 11.3. The van der Waals surface area contributed by atoms with Gasteiger partial charge in [-0.3, -0.25) is 14.4 Å². The van der Waals surface area contributed by atoms with Gasteiger partial charge in [0.25, 0.3) is 11.8 Å². The minimum absolute atomic E-state index is 0.0164. The first-order valence-electron chi connectivity index (χ1n) is 9.92. The number of hydrogen-bond donors (Lipinski definition) is 3. The highest BCUT2D eigenvalue weighted by Gasteiger charge is 2.30. The van der Waals surface area contributed by atoms with E-state index in [0.29, 0.717) is 18.5 Å². The van der Waals surface area contributed by atoms with E-state index in [1.54, 1.807) is 29.0 Å². The van der Waals surface area contributed by atoms with Crippen LogP contribution in [0.2, 0.25) is 0 Å². The first-order valence-corrected chi connectivity index (χ1v) is 10.9. The second-order valence-electron chi connectivity index (χ2n) is 7.00. The fourth-order valence-corrected chi connectivity index (χ4v) is 3.56. The van der Waals surface area contributed by atoms with Gasteiger partial charge < -0.3 is 16.0 Å². The van der Waals surface area contributed by atoms with Gasteiger partial charge in [0.1, 0.15) is 0 Å². The van der Waals surface area contributed by atoms with E-state index in [4.69, 9.17) is 0 Å². The zero-order valence-electron chi connectivity index (χ0n) is 17.2. The molecular weight excluding hydrogens is 455 g/mol. The summed E-state index contributed by atoms with van der Waals surface area (Å²) >= 11 is 1.41. The molecule has 3 amide bonds. The number of thiophene rings is 1. The molecule has 0 saturated heterocycles. The van der Waals surface area contributed by atoms with E-state index in [-0.39, 0.29) is 35.2 Å². The van der Waals surface area contributed by atoms with E-state index in [9.17, 15) is 27.6 Å². The van der Waals surface area contributed by atoms with Crippen molar-refractivity contribution in [2.75, 3.05) is 17.2 Å². The van der Waals surface area contributed by atoms with E-state index in [1.807, 2.05) is 0 Å². The van der Waals surface area contributed by atoms with Crippen molar-refractivity contribution in [3.8, 4) is 0 Å². The van der Waals surface area contributed by atoms with Crippen molar-refractivity contribution in [1.82, 2.24) is 5.32 Å². The number of carbonyl (C=O) groups excluding carboxylic acids is 3. The second-order valence-corrected chi connectivity index (χ2v) is 7.78. The molecule has 1 heterocycles. The lowest BCUT2D eigenvalue weighted by atomic mass is 10.1.